The van der Waals surface area contributed by atoms with E-state index in [0.717, 1.165) is 0 Å². The van der Waals surface area contributed by atoms with Crippen molar-refractivity contribution in [3.8, 4) is 0 Å². The summed E-state index contributed by atoms with van der Waals surface area (Å²) in [6, 6.07) is 5.15. The number of nitrogens with zero attached hydrogens (tertiary/aromatic N) is 2. The quantitative estimate of drug-likeness (QED) is 0.940. The number of sulfonamides is 1. The van der Waals surface area contributed by atoms with Gasteiger partial charge in [0.15, 0.2) is 5.03 Å². The molecule has 2 N–H and O–H groups in total. The predicted octanol–water partition coefficient (Wildman–Crippen LogP) is 1.89. The summed E-state index contributed by atoms with van der Waals surface area (Å²) in [6.07, 6.45) is 2.69. The van der Waals surface area contributed by atoms with Crippen LogP contribution in [-0.2, 0) is 16.6 Å². The molecule has 0 spiro atoms. The predicted molar refractivity (Wildman–Crippen MR) is 69.2 cm³/mol. The number of primary sulfonamides is 1. The first-order valence-corrected chi connectivity index (χ1v) is 7.15. The van der Waals surface area contributed by atoms with Gasteiger partial charge in [-0.15, -0.1) is 0 Å². The second-order valence-electron chi connectivity index (χ2n) is 3.63. The number of halogens is 2. The SMILES string of the molecule is NS(=O)(=O)c1cn(Cc2c(Cl)cccc2Cl)cn1. The first-order chi connectivity index (χ1) is 8.38. The van der Waals surface area contributed by atoms with Crippen molar-refractivity contribution in [3.05, 3.63) is 46.3 Å². The smallest absolute Gasteiger partial charge is 0.257 e. The summed E-state index contributed by atoms with van der Waals surface area (Å²) in [5.74, 6) is 0. The molecule has 0 saturated heterocycles. The summed E-state index contributed by atoms with van der Waals surface area (Å²) in [6.45, 7) is 0.320. The number of nitrogens with two attached hydrogens (primary N) is 1. The number of aromatic nitrogens is 2. The van der Waals surface area contributed by atoms with Gasteiger partial charge in [0, 0.05) is 21.8 Å². The van der Waals surface area contributed by atoms with Gasteiger partial charge in [-0.1, -0.05) is 29.3 Å². The molecule has 2 aromatic rings. The Bertz CT molecular complexity index is 662. The zero-order valence-electron chi connectivity index (χ0n) is 9.05. The van der Waals surface area contributed by atoms with Crippen LogP contribution in [0.1, 0.15) is 5.56 Å². The van der Waals surface area contributed by atoms with Gasteiger partial charge in [-0.2, -0.15) is 0 Å². The highest BCUT2D eigenvalue weighted by Crippen LogP contribution is 2.25. The topological polar surface area (TPSA) is 78.0 Å². The molecule has 0 amide bonds. The van der Waals surface area contributed by atoms with Gasteiger partial charge >= 0.3 is 0 Å². The third kappa shape index (κ3) is 2.84. The number of benzene rings is 1. The lowest BCUT2D eigenvalue weighted by molar-refractivity contribution is 0.594. The maximum atomic E-state index is 11.1. The van der Waals surface area contributed by atoms with Crippen LogP contribution in [0.3, 0.4) is 0 Å². The van der Waals surface area contributed by atoms with Gasteiger partial charge < -0.3 is 4.57 Å². The third-order valence-electron chi connectivity index (χ3n) is 2.30. The monoisotopic (exact) mass is 305 g/mol. The maximum Gasteiger partial charge on any atom is 0.257 e. The van der Waals surface area contributed by atoms with Crippen LogP contribution >= 0.6 is 23.2 Å². The van der Waals surface area contributed by atoms with Gasteiger partial charge in [0.2, 0.25) is 0 Å². The minimum Gasteiger partial charge on any atom is -0.332 e. The van der Waals surface area contributed by atoms with E-state index in [0.29, 0.717) is 22.2 Å². The Labute approximate surface area is 114 Å². The lowest BCUT2D eigenvalue weighted by atomic mass is 10.2. The van der Waals surface area contributed by atoms with Crippen molar-refractivity contribution >= 4 is 33.2 Å². The van der Waals surface area contributed by atoms with E-state index in [4.69, 9.17) is 28.3 Å². The fourth-order valence-electron chi connectivity index (χ4n) is 1.44. The van der Waals surface area contributed by atoms with E-state index < -0.39 is 10.0 Å². The summed E-state index contributed by atoms with van der Waals surface area (Å²) in [4.78, 5) is 3.71. The summed E-state index contributed by atoms with van der Waals surface area (Å²) in [5.41, 5.74) is 0.694. The van der Waals surface area contributed by atoms with Crippen LogP contribution in [0.4, 0.5) is 0 Å². The molecule has 0 aliphatic heterocycles. The molecule has 1 aromatic heterocycles. The molecule has 5 nitrogen and oxygen atoms in total. The zero-order valence-corrected chi connectivity index (χ0v) is 11.4. The van der Waals surface area contributed by atoms with Gasteiger partial charge in [-0.25, -0.2) is 18.5 Å². The third-order valence-corrected chi connectivity index (χ3v) is 3.81. The molecular formula is C10H9Cl2N3O2S. The molecule has 1 heterocycles. The number of hydrogen-bond acceptors (Lipinski definition) is 3. The summed E-state index contributed by atoms with van der Waals surface area (Å²) in [5, 5.41) is 5.79. The molecule has 2 rings (SSSR count). The molecule has 0 bridgehead atoms. The number of rotatable bonds is 3. The fourth-order valence-corrected chi connectivity index (χ4v) is 2.43. The van der Waals surface area contributed by atoms with Crippen molar-refractivity contribution in [1.82, 2.24) is 9.55 Å². The van der Waals surface area contributed by atoms with Crippen LogP contribution in [0.15, 0.2) is 35.7 Å². The van der Waals surface area contributed by atoms with Crippen LogP contribution in [-0.4, -0.2) is 18.0 Å². The Kier molecular flexibility index (Phi) is 3.63. The van der Waals surface area contributed by atoms with Gasteiger partial charge in [0.1, 0.15) is 0 Å². The van der Waals surface area contributed by atoms with E-state index in [1.807, 2.05) is 0 Å². The molecule has 0 fully saturated rings. The zero-order chi connectivity index (χ0) is 13.3. The average molecular weight is 306 g/mol. The second kappa shape index (κ2) is 4.89. The summed E-state index contributed by atoms with van der Waals surface area (Å²) < 4.78 is 23.7. The first kappa shape index (κ1) is 13.4. The molecular weight excluding hydrogens is 297 g/mol. The van der Waals surface area contributed by atoms with E-state index in [9.17, 15) is 8.42 Å². The van der Waals surface area contributed by atoms with Crippen LogP contribution in [0.25, 0.3) is 0 Å². The Morgan fingerprint density at radius 1 is 1.28 bits per heavy atom. The van der Waals surface area contributed by atoms with Crippen molar-refractivity contribution in [1.29, 1.82) is 0 Å². The minimum absolute atomic E-state index is 0.189. The highest BCUT2D eigenvalue weighted by molar-refractivity contribution is 7.89. The number of imidazole rings is 1. The van der Waals surface area contributed by atoms with Crippen molar-refractivity contribution in [2.45, 2.75) is 11.6 Å². The molecule has 0 atom stereocenters. The standard InChI is InChI=1S/C10H9Cl2N3O2S/c11-8-2-1-3-9(12)7(8)4-15-5-10(14-6-15)18(13,16)17/h1-3,5-6H,4H2,(H2,13,16,17). The fraction of sp³-hybridized carbons (Fsp3) is 0.100. The maximum absolute atomic E-state index is 11.1. The highest BCUT2D eigenvalue weighted by atomic mass is 35.5. The van der Waals surface area contributed by atoms with Crippen molar-refractivity contribution in [3.63, 3.8) is 0 Å². The molecule has 0 aliphatic rings. The van der Waals surface area contributed by atoms with E-state index >= 15 is 0 Å². The normalized spacial score (nSPS) is 11.7. The Morgan fingerprint density at radius 2 is 1.89 bits per heavy atom. The van der Waals surface area contributed by atoms with E-state index in [2.05, 4.69) is 4.98 Å². The molecule has 1 aromatic carbocycles. The second-order valence-corrected chi connectivity index (χ2v) is 5.95. The highest BCUT2D eigenvalue weighted by Gasteiger charge is 2.12. The molecule has 0 radical (unpaired) electrons. The number of hydrogen-bond donors (Lipinski definition) is 1. The van der Waals surface area contributed by atoms with Gasteiger partial charge in [0.05, 0.1) is 12.9 Å². The van der Waals surface area contributed by atoms with Crippen LogP contribution < -0.4 is 5.14 Å². The molecule has 0 aliphatic carbocycles. The lowest BCUT2D eigenvalue weighted by Crippen LogP contribution is -2.12. The van der Waals surface area contributed by atoms with Crippen molar-refractivity contribution in [2.24, 2.45) is 5.14 Å². The van der Waals surface area contributed by atoms with E-state index in [-0.39, 0.29) is 5.03 Å². The van der Waals surface area contributed by atoms with Crippen molar-refractivity contribution in [2.75, 3.05) is 0 Å². The Balaban J connectivity index is 2.33. The molecule has 8 heteroatoms. The largest absolute Gasteiger partial charge is 0.332 e. The Hall–Kier alpha value is -1.08. The van der Waals surface area contributed by atoms with Crippen LogP contribution in [0.2, 0.25) is 10.0 Å². The minimum atomic E-state index is -3.79. The summed E-state index contributed by atoms with van der Waals surface area (Å²) in [7, 11) is -3.79. The van der Waals surface area contributed by atoms with Gasteiger partial charge in [0.25, 0.3) is 10.0 Å². The van der Waals surface area contributed by atoms with Crippen LogP contribution in [0, 0.1) is 0 Å². The van der Waals surface area contributed by atoms with Gasteiger partial charge in [-0.3, -0.25) is 0 Å². The average Bonchev–Trinajstić information content (AvgIpc) is 2.72. The summed E-state index contributed by atoms with van der Waals surface area (Å²) >= 11 is 12.0. The van der Waals surface area contributed by atoms with Crippen LogP contribution in [0.5, 0.6) is 0 Å². The first-order valence-electron chi connectivity index (χ1n) is 4.85. The van der Waals surface area contributed by atoms with Crippen molar-refractivity contribution < 1.29 is 8.42 Å². The molecule has 0 unspecified atom stereocenters. The van der Waals surface area contributed by atoms with E-state index in [1.54, 1.807) is 22.8 Å². The molecule has 18 heavy (non-hydrogen) atoms. The Morgan fingerprint density at radius 3 is 2.39 bits per heavy atom. The molecule has 96 valence electrons. The molecule has 0 saturated carbocycles. The lowest BCUT2D eigenvalue weighted by Gasteiger charge is -2.06. The van der Waals surface area contributed by atoms with Gasteiger partial charge in [-0.05, 0) is 12.1 Å². The van der Waals surface area contributed by atoms with E-state index in [1.165, 1.54) is 12.5 Å².